The second-order valence-electron chi connectivity index (χ2n) is 5.33. The van der Waals surface area contributed by atoms with E-state index < -0.39 is 12.2 Å². The molecular formula is C16H24N4O4S. The maximum Gasteiger partial charge on any atom is 0.252 e. The van der Waals surface area contributed by atoms with Gasteiger partial charge in [-0.1, -0.05) is 0 Å². The molecule has 0 aliphatic carbocycles. The number of nitrogens with two attached hydrogens (primary N) is 1. The second-order valence-corrected chi connectivity index (χ2v) is 6.54. The Bertz CT molecular complexity index is 584. The zero-order valence-corrected chi connectivity index (χ0v) is 15.1. The highest BCUT2D eigenvalue weighted by Gasteiger charge is 2.35. The molecule has 1 aromatic carbocycles. The molecule has 25 heavy (non-hydrogen) atoms. The smallest absolute Gasteiger partial charge is 0.252 e. The molecular weight excluding hydrogens is 344 g/mol. The van der Waals surface area contributed by atoms with Gasteiger partial charge in [0.15, 0.2) is 0 Å². The van der Waals surface area contributed by atoms with E-state index in [1.807, 2.05) is 6.92 Å². The number of hydrogen-bond acceptors (Lipinski definition) is 7. The molecule has 0 saturated carbocycles. The first-order valence-electron chi connectivity index (χ1n) is 8.01. The maximum absolute atomic E-state index is 12.3. The summed E-state index contributed by atoms with van der Waals surface area (Å²) in [6.45, 7) is 3.18. The van der Waals surface area contributed by atoms with E-state index in [0.29, 0.717) is 24.5 Å². The summed E-state index contributed by atoms with van der Waals surface area (Å²) in [6.07, 6.45) is -0.680. The van der Waals surface area contributed by atoms with Gasteiger partial charge in [0.05, 0.1) is 19.9 Å². The molecule has 0 aromatic heterocycles. The van der Waals surface area contributed by atoms with Crippen LogP contribution in [0.3, 0.4) is 0 Å². The molecule has 8 nitrogen and oxygen atoms in total. The third-order valence-corrected chi connectivity index (χ3v) is 4.60. The minimum absolute atomic E-state index is 0.308. The Kier molecular flexibility index (Phi) is 7.51. The number of carbonyl (C=O) groups excluding carboxylic acids is 2. The summed E-state index contributed by atoms with van der Waals surface area (Å²) in [5, 5.41) is 8.51. The minimum Gasteiger partial charge on any atom is -0.497 e. The van der Waals surface area contributed by atoms with Crippen LogP contribution in [-0.4, -0.2) is 55.6 Å². The second kappa shape index (κ2) is 9.62. The van der Waals surface area contributed by atoms with Gasteiger partial charge in [0.2, 0.25) is 5.91 Å². The van der Waals surface area contributed by atoms with E-state index in [-0.39, 0.29) is 17.3 Å². The van der Waals surface area contributed by atoms with Gasteiger partial charge in [0.1, 0.15) is 17.3 Å². The molecule has 9 heteroatoms. The lowest BCUT2D eigenvalue weighted by molar-refractivity contribution is -0.125. The first-order chi connectivity index (χ1) is 12.0. The number of benzene rings is 1. The van der Waals surface area contributed by atoms with Crippen molar-refractivity contribution in [2.75, 3.05) is 26.1 Å². The molecule has 1 aromatic rings. The van der Waals surface area contributed by atoms with Gasteiger partial charge in [0.25, 0.3) is 5.91 Å². The molecule has 3 unspecified atom stereocenters. The fourth-order valence-corrected chi connectivity index (χ4v) is 3.18. The summed E-state index contributed by atoms with van der Waals surface area (Å²) >= 11 is 1.49. The molecule has 0 bridgehead atoms. The molecule has 2 rings (SSSR count). The third kappa shape index (κ3) is 5.60. The largest absolute Gasteiger partial charge is 0.497 e. The van der Waals surface area contributed by atoms with Crippen LogP contribution in [0.1, 0.15) is 17.3 Å². The lowest BCUT2D eigenvalue weighted by Gasteiger charge is -2.35. The van der Waals surface area contributed by atoms with Crippen molar-refractivity contribution < 1.29 is 19.1 Å². The number of amides is 2. The topological polar surface area (TPSA) is 115 Å². The monoisotopic (exact) mass is 368 g/mol. The summed E-state index contributed by atoms with van der Waals surface area (Å²) in [5.41, 5.74) is 6.13. The molecule has 1 saturated heterocycles. The van der Waals surface area contributed by atoms with Crippen LogP contribution in [0, 0.1) is 0 Å². The van der Waals surface area contributed by atoms with Crippen molar-refractivity contribution in [1.82, 2.24) is 16.0 Å². The Morgan fingerprint density at radius 1 is 1.36 bits per heavy atom. The SMILES string of the molecule is CCOCCSC1NC(=O)C(NC(=O)c2ccc(OC)cc2)C(N)N1. The lowest BCUT2D eigenvalue weighted by Crippen LogP contribution is -2.70. The van der Waals surface area contributed by atoms with Gasteiger partial charge >= 0.3 is 0 Å². The van der Waals surface area contributed by atoms with Gasteiger partial charge in [-0.15, -0.1) is 11.8 Å². The number of hydrogen-bond donors (Lipinski definition) is 4. The number of rotatable bonds is 8. The average molecular weight is 368 g/mol. The van der Waals surface area contributed by atoms with Crippen molar-refractivity contribution in [1.29, 1.82) is 0 Å². The summed E-state index contributed by atoms with van der Waals surface area (Å²) in [5.74, 6) is 0.684. The normalized spacial score (nSPS) is 23.0. The molecule has 1 aliphatic heterocycles. The van der Waals surface area contributed by atoms with Gasteiger partial charge in [-0.3, -0.25) is 14.9 Å². The fraction of sp³-hybridized carbons (Fsp3) is 0.500. The maximum atomic E-state index is 12.3. The zero-order valence-electron chi connectivity index (χ0n) is 14.3. The van der Waals surface area contributed by atoms with Crippen LogP contribution in [0.4, 0.5) is 0 Å². The van der Waals surface area contributed by atoms with Crippen LogP contribution in [0.5, 0.6) is 5.75 Å². The van der Waals surface area contributed by atoms with Crippen molar-refractivity contribution >= 4 is 23.6 Å². The van der Waals surface area contributed by atoms with Crippen LogP contribution < -0.4 is 26.4 Å². The molecule has 5 N–H and O–H groups in total. The molecule has 1 heterocycles. The van der Waals surface area contributed by atoms with Crippen LogP contribution >= 0.6 is 11.8 Å². The van der Waals surface area contributed by atoms with Gasteiger partial charge in [-0.2, -0.15) is 0 Å². The van der Waals surface area contributed by atoms with Crippen LogP contribution in [0.2, 0.25) is 0 Å². The Hall–Kier alpha value is -1.81. The Balaban J connectivity index is 1.87. The van der Waals surface area contributed by atoms with Crippen LogP contribution in [0.25, 0.3) is 0 Å². The number of thioether (sulfide) groups is 1. The number of carbonyl (C=O) groups is 2. The zero-order chi connectivity index (χ0) is 18.2. The standard InChI is InChI=1S/C16H24N4O4S/c1-3-24-8-9-25-16-19-13(17)12(15(22)20-16)18-14(21)10-4-6-11(23-2)7-5-10/h4-7,12-13,16,19H,3,8-9,17H2,1-2H3,(H,18,21)(H,20,22). The molecule has 0 radical (unpaired) electrons. The van der Waals surface area contributed by atoms with Crippen LogP contribution in [-0.2, 0) is 9.53 Å². The first-order valence-corrected chi connectivity index (χ1v) is 9.06. The average Bonchev–Trinajstić information content (AvgIpc) is 2.61. The predicted molar refractivity (Wildman–Crippen MR) is 96.2 cm³/mol. The van der Waals surface area contributed by atoms with E-state index in [9.17, 15) is 9.59 Å². The van der Waals surface area contributed by atoms with Gasteiger partial charge < -0.3 is 25.8 Å². The minimum atomic E-state index is -0.849. The van der Waals surface area contributed by atoms with Crippen molar-refractivity contribution in [2.45, 2.75) is 24.6 Å². The van der Waals surface area contributed by atoms with Crippen molar-refractivity contribution in [3.8, 4) is 5.75 Å². The molecule has 1 aliphatic rings. The van der Waals surface area contributed by atoms with E-state index in [1.54, 1.807) is 31.4 Å². The lowest BCUT2D eigenvalue weighted by atomic mass is 10.1. The first kappa shape index (κ1) is 19.5. The molecule has 0 spiro atoms. The molecule has 3 atom stereocenters. The fourth-order valence-electron chi connectivity index (χ4n) is 2.28. The molecule has 2 amide bonds. The van der Waals surface area contributed by atoms with Crippen molar-refractivity contribution in [2.24, 2.45) is 5.73 Å². The van der Waals surface area contributed by atoms with Crippen molar-refractivity contribution in [3.05, 3.63) is 29.8 Å². The highest BCUT2D eigenvalue weighted by molar-refractivity contribution is 7.99. The number of ether oxygens (including phenoxy) is 2. The summed E-state index contributed by atoms with van der Waals surface area (Å²) in [7, 11) is 1.55. The van der Waals surface area contributed by atoms with E-state index in [1.165, 1.54) is 11.8 Å². The number of nitrogens with one attached hydrogen (secondary N) is 3. The van der Waals surface area contributed by atoms with Crippen molar-refractivity contribution in [3.63, 3.8) is 0 Å². The summed E-state index contributed by atoms with van der Waals surface area (Å²) in [4.78, 5) is 24.6. The highest BCUT2D eigenvalue weighted by atomic mass is 32.2. The summed E-state index contributed by atoms with van der Waals surface area (Å²) < 4.78 is 10.3. The van der Waals surface area contributed by atoms with E-state index >= 15 is 0 Å². The van der Waals surface area contributed by atoms with Gasteiger partial charge in [-0.25, -0.2) is 0 Å². The molecule has 138 valence electrons. The quantitative estimate of drug-likeness (QED) is 0.472. The third-order valence-electron chi connectivity index (χ3n) is 3.61. The van der Waals surface area contributed by atoms with E-state index in [0.717, 1.165) is 5.75 Å². The highest BCUT2D eigenvalue weighted by Crippen LogP contribution is 2.13. The predicted octanol–water partition coefficient (Wildman–Crippen LogP) is -0.149. The molecule has 1 fully saturated rings. The van der Waals surface area contributed by atoms with E-state index in [2.05, 4.69) is 16.0 Å². The Morgan fingerprint density at radius 3 is 2.68 bits per heavy atom. The summed E-state index contributed by atoms with van der Waals surface area (Å²) in [6, 6.07) is 5.76. The Labute approximate surface area is 151 Å². The number of methoxy groups -OCH3 is 1. The van der Waals surface area contributed by atoms with Gasteiger partial charge in [0, 0.05) is 17.9 Å². The van der Waals surface area contributed by atoms with Crippen LogP contribution in [0.15, 0.2) is 24.3 Å². The van der Waals surface area contributed by atoms with E-state index in [4.69, 9.17) is 15.2 Å². The Morgan fingerprint density at radius 2 is 2.08 bits per heavy atom. The van der Waals surface area contributed by atoms with Gasteiger partial charge in [-0.05, 0) is 31.2 Å².